The number of anilines is 4. The minimum atomic E-state index is -0.437. The number of benzene rings is 1. The van der Waals surface area contributed by atoms with E-state index in [1.54, 1.807) is 78.7 Å². The van der Waals surface area contributed by atoms with Crippen LogP contribution in [0.25, 0.3) is 0 Å². The van der Waals surface area contributed by atoms with Gasteiger partial charge in [0.05, 0.1) is 42.8 Å². The van der Waals surface area contributed by atoms with Gasteiger partial charge in [0.25, 0.3) is 17.7 Å². The number of methoxy groups -OCH3 is 1. The van der Waals surface area contributed by atoms with Crippen LogP contribution in [0.5, 0.6) is 11.5 Å². The number of carbonyl (C=O) groups is 5. The van der Waals surface area contributed by atoms with Crippen molar-refractivity contribution < 1.29 is 77.6 Å². The van der Waals surface area contributed by atoms with E-state index >= 15 is 0 Å². The molecule has 2 aliphatic rings. The monoisotopic (exact) mass is 886 g/mol. The van der Waals surface area contributed by atoms with Crippen molar-refractivity contribution in [1.82, 2.24) is 29.2 Å². The first-order chi connectivity index (χ1) is 29.3. The smallest absolute Gasteiger partial charge is 0.691 e. The molecule has 20 nitrogen and oxygen atoms in total. The van der Waals surface area contributed by atoms with Gasteiger partial charge in [0.2, 0.25) is 11.8 Å². The van der Waals surface area contributed by atoms with Crippen molar-refractivity contribution in [1.29, 1.82) is 0 Å². The quantitative estimate of drug-likeness (QED) is 0.0237. The summed E-state index contributed by atoms with van der Waals surface area (Å²) in [5, 5.41) is 31.3. The molecule has 5 amide bonds. The average Bonchev–Trinajstić information content (AvgIpc) is 3.99. The molecule has 1 saturated heterocycles. The number of hydrogen-bond donors (Lipinski definition) is 6. The molecule has 328 valence electrons. The molecule has 3 aromatic heterocycles. The summed E-state index contributed by atoms with van der Waals surface area (Å²) in [7, 11) is 6.65. The SMILES string of the molecule is COc1cc2c(cc1OCCCC(=O)Nc1cc(C(=O)Nc3cc(C(=O)NCCCNC(=O)c4cc(NC(C)=O)cn4C)n(C)c3)n(C)c1)NC(SOO[O-])[C@@H]1CCCN1C2.[Na+]. The number of nitrogens with one attached hydrogen (secondary N) is 6. The van der Waals surface area contributed by atoms with E-state index in [4.69, 9.17) is 13.8 Å². The Morgan fingerprint density at radius 3 is 2.00 bits per heavy atom. The van der Waals surface area contributed by atoms with Crippen molar-refractivity contribution in [2.75, 3.05) is 54.6 Å². The first-order valence-electron chi connectivity index (χ1n) is 19.7. The van der Waals surface area contributed by atoms with Crippen molar-refractivity contribution in [3.8, 4) is 11.5 Å². The van der Waals surface area contributed by atoms with Gasteiger partial charge in [-0.3, -0.25) is 33.9 Å². The van der Waals surface area contributed by atoms with Gasteiger partial charge in [-0.1, -0.05) is 0 Å². The predicted molar refractivity (Wildman–Crippen MR) is 225 cm³/mol. The molecule has 1 fully saturated rings. The molecule has 22 heteroatoms. The molecular weight excluding hydrogens is 836 g/mol. The minimum absolute atomic E-state index is 0. The Bertz CT molecular complexity index is 2240. The molecule has 0 radical (unpaired) electrons. The van der Waals surface area contributed by atoms with E-state index in [-0.39, 0.29) is 83.3 Å². The number of hydrogen-bond acceptors (Lipinski definition) is 13. The summed E-state index contributed by atoms with van der Waals surface area (Å²) in [6, 6.07) is 8.65. The van der Waals surface area contributed by atoms with Crippen LogP contribution in [-0.2, 0) is 46.6 Å². The topological polar surface area (TPSA) is 236 Å². The van der Waals surface area contributed by atoms with Gasteiger partial charge < -0.3 is 60.3 Å². The van der Waals surface area contributed by atoms with Crippen molar-refractivity contribution in [2.24, 2.45) is 21.1 Å². The van der Waals surface area contributed by atoms with Gasteiger partial charge >= 0.3 is 29.6 Å². The summed E-state index contributed by atoms with van der Waals surface area (Å²) >= 11 is 0.946. The Hall–Kier alpha value is -5.00. The fourth-order valence-electron chi connectivity index (χ4n) is 7.43. The van der Waals surface area contributed by atoms with Crippen LogP contribution in [0.4, 0.5) is 22.7 Å². The summed E-state index contributed by atoms with van der Waals surface area (Å²) in [6.07, 6.45) is 7.92. The van der Waals surface area contributed by atoms with Crippen LogP contribution >= 0.6 is 12.0 Å². The number of ether oxygens (including phenoxy) is 2. The molecule has 2 atom stereocenters. The second kappa shape index (κ2) is 22.4. The van der Waals surface area contributed by atoms with Crippen molar-refractivity contribution >= 4 is 64.3 Å². The number of fused-ring (bicyclic) bond motifs is 2. The van der Waals surface area contributed by atoms with Crippen molar-refractivity contribution in [2.45, 2.75) is 57.0 Å². The average molecular weight is 887 g/mol. The molecule has 62 heavy (non-hydrogen) atoms. The number of aryl methyl sites for hydroxylation is 3. The van der Waals surface area contributed by atoms with E-state index in [1.807, 2.05) is 12.1 Å². The maximum absolute atomic E-state index is 13.2. The van der Waals surface area contributed by atoms with Crippen LogP contribution in [0.2, 0.25) is 0 Å². The van der Waals surface area contributed by atoms with Crippen LogP contribution in [0.15, 0.2) is 48.9 Å². The molecule has 6 N–H and O–H groups in total. The summed E-state index contributed by atoms with van der Waals surface area (Å²) in [6.45, 7) is 3.85. The molecule has 0 saturated carbocycles. The van der Waals surface area contributed by atoms with Gasteiger partial charge in [0.1, 0.15) is 22.5 Å². The first kappa shape index (κ1) is 48.0. The van der Waals surface area contributed by atoms with E-state index in [1.165, 1.54) is 6.92 Å². The molecule has 2 aliphatic heterocycles. The van der Waals surface area contributed by atoms with E-state index in [0.717, 1.165) is 42.7 Å². The van der Waals surface area contributed by atoms with Crippen LogP contribution in [-0.4, -0.2) is 92.9 Å². The van der Waals surface area contributed by atoms with Crippen LogP contribution < -0.4 is 76.2 Å². The van der Waals surface area contributed by atoms with Crippen LogP contribution in [0, 0.1) is 0 Å². The second-order valence-corrected chi connectivity index (χ2v) is 15.6. The van der Waals surface area contributed by atoms with E-state index in [2.05, 4.69) is 41.8 Å². The molecule has 0 bridgehead atoms. The number of rotatable bonds is 19. The summed E-state index contributed by atoms with van der Waals surface area (Å²) in [5.74, 6) is -0.518. The molecule has 1 unspecified atom stereocenters. The number of carbonyl (C=O) groups excluding carboxylic acids is 5. The molecule has 4 aromatic rings. The summed E-state index contributed by atoms with van der Waals surface area (Å²) in [5.41, 5.74) is 4.21. The largest absolute Gasteiger partial charge is 1.00 e. The molecule has 0 spiro atoms. The zero-order valence-electron chi connectivity index (χ0n) is 35.6. The second-order valence-electron chi connectivity index (χ2n) is 14.8. The van der Waals surface area contributed by atoms with Gasteiger partial charge in [-0.15, -0.1) is 0 Å². The van der Waals surface area contributed by atoms with Gasteiger partial charge in [-0.25, -0.2) is 0 Å². The first-order valence-corrected chi connectivity index (χ1v) is 20.5. The van der Waals surface area contributed by atoms with Crippen LogP contribution in [0.1, 0.15) is 76.1 Å². The van der Waals surface area contributed by atoms with E-state index in [0.29, 0.717) is 72.4 Å². The fourth-order valence-corrected chi connectivity index (χ4v) is 8.16. The molecule has 1 aromatic carbocycles. The molecule has 0 aliphatic carbocycles. The summed E-state index contributed by atoms with van der Waals surface area (Å²) in [4.78, 5) is 65.3. The maximum Gasteiger partial charge on any atom is 1.00 e. The van der Waals surface area contributed by atoms with Gasteiger partial charge in [0, 0.05) is 90.5 Å². The normalized spacial score (nSPS) is 15.5. The van der Waals surface area contributed by atoms with E-state index < -0.39 is 5.91 Å². The van der Waals surface area contributed by atoms with E-state index in [9.17, 15) is 29.2 Å². The number of amides is 5. The van der Waals surface area contributed by atoms with Crippen molar-refractivity contribution in [3.63, 3.8) is 0 Å². The fraction of sp³-hybridized carbons (Fsp3) is 0.425. The van der Waals surface area contributed by atoms with Crippen LogP contribution in [0.3, 0.4) is 0 Å². The third kappa shape index (κ3) is 12.3. The summed E-state index contributed by atoms with van der Waals surface area (Å²) < 4.78 is 21.2. The zero-order chi connectivity index (χ0) is 43.6. The number of nitrogens with zero attached hydrogens (tertiary/aromatic N) is 4. The predicted octanol–water partition coefficient (Wildman–Crippen LogP) is -0.139. The Balaban J connectivity index is 0.00000726. The number of aromatic nitrogens is 3. The Morgan fingerprint density at radius 1 is 0.806 bits per heavy atom. The Kier molecular flexibility index (Phi) is 17.3. The van der Waals surface area contributed by atoms with Crippen molar-refractivity contribution in [3.05, 3.63) is 71.6 Å². The Morgan fingerprint density at radius 2 is 1.40 bits per heavy atom. The Labute approximate surface area is 385 Å². The minimum Gasteiger partial charge on any atom is -0.691 e. The van der Waals surface area contributed by atoms with Gasteiger partial charge in [0.15, 0.2) is 11.5 Å². The molecular formula is C40H51N10NaO10S. The maximum atomic E-state index is 13.2. The third-order valence-electron chi connectivity index (χ3n) is 10.3. The molecule has 5 heterocycles. The third-order valence-corrected chi connectivity index (χ3v) is 11.1. The van der Waals surface area contributed by atoms with Gasteiger partial charge in [-0.2, -0.15) is 4.33 Å². The zero-order valence-corrected chi connectivity index (χ0v) is 38.4. The standard InChI is InChI=1S/C40H52N10O10S.Na/c1-24(51)43-26-16-31(47(2)21-26)37(53)41-11-8-12-42-38(54)32-18-28(23-48(32)3)45-39(55)33-17-27(22-49(33)4)44-36(52)10-7-14-58-35-19-29-25(15-34(35)57-5)20-50-13-6-9-30(50)40(46-29)61-60-59-56;/h15-19,21-23,30,40,46,56H,6-14,20H2,1-5H3,(H,41,53)(H,42,54)(H,43,51)(H,44,52)(H,45,55);/q;+1/p-1/t30-,40?;/m0./s1. The molecule has 6 rings (SSSR count). The van der Waals surface area contributed by atoms with Gasteiger partial charge in [-0.05, 0) is 62.1 Å².